The Kier molecular flexibility index (Phi) is 6.69. The van der Waals surface area contributed by atoms with Gasteiger partial charge in [-0.25, -0.2) is 0 Å². The Morgan fingerprint density at radius 3 is 2.38 bits per heavy atom. The zero-order valence-electron chi connectivity index (χ0n) is 18.9. The average Bonchev–Trinajstić information content (AvgIpc) is 3.05. The fraction of sp³-hybridized carbons (Fsp3) is 0.185. The molecule has 1 unspecified atom stereocenters. The monoisotopic (exact) mass is 495 g/mol. The van der Waals surface area contributed by atoms with Crippen LogP contribution in [-0.4, -0.2) is 22.9 Å². The van der Waals surface area contributed by atoms with Crippen LogP contribution in [0, 0.1) is 6.92 Å². The SMILES string of the molecule is Cc1cccc(C2/C(=C(\O)c3cccc(OC(C)C)c3)C(=O)C(=O)N2c2ccc(Cl)c(Cl)c2)c1. The summed E-state index contributed by atoms with van der Waals surface area (Å²) in [5.74, 6) is -1.28. The molecule has 0 bridgehead atoms. The van der Waals surface area contributed by atoms with E-state index in [-0.39, 0.29) is 22.5 Å². The van der Waals surface area contributed by atoms with E-state index < -0.39 is 17.7 Å². The van der Waals surface area contributed by atoms with Crippen LogP contribution in [0.3, 0.4) is 0 Å². The van der Waals surface area contributed by atoms with E-state index in [9.17, 15) is 14.7 Å². The van der Waals surface area contributed by atoms with E-state index in [4.69, 9.17) is 27.9 Å². The molecule has 174 valence electrons. The molecule has 0 radical (unpaired) electrons. The largest absolute Gasteiger partial charge is 0.507 e. The maximum atomic E-state index is 13.3. The lowest BCUT2D eigenvalue weighted by atomic mass is 9.94. The molecule has 7 heteroatoms. The van der Waals surface area contributed by atoms with Gasteiger partial charge in [-0.05, 0) is 56.7 Å². The van der Waals surface area contributed by atoms with Gasteiger partial charge in [-0.1, -0.05) is 65.2 Å². The smallest absolute Gasteiger partial charge is 0.300 e. The van der Waals surface area contributed by atoms with E-state index in [2.05, 4.69) is 0 Å². The van der Waals surface area contributed by atoms with Crippen LogP contribution < -0.4 is 9.64 Å². The van der Waals surface area contributed by atoms with Crippen LogP contribution >= 0.6 is 23.2 Å². The van der Waals surface area contributed by atoms with Gasteiger partial charge in [-0.15, -0.1) is 0 Å². The summed E-state index contributed by atoms with van der Waals surface area (Å²) in [4.78, 5) is 27.9. The van der Waals surface area contributed by atoms with Crippen molar-refractivity contribution in [2.75, 3.05) is 4.90 Å². The first-order valence-corrected chi connectivity index (χ1v) is 11.5. The summed E-state index contributed by atoms with van der Waals surface area (Å²) in [7, 11) is 0. The van der Waals surface area contributed by atoms with Gasteiger partial charge in [0.1, 0.15) is 11.5 Å². The number of carbonyl (C=O) groups excluding carboxylic acids is 2. The van der Waals surface area contributed by atoms with Crippen LogP contribution in [0.25, 0.3) is 5.76 Å². The van der Waals surface area contributed by atoms with Gasteiger partial charge in [-0.2, -0.15) is 0 Å². The Morgan fingerprint density at radius 1 is 0.971 bits per heavy atom. The van der Waals surface area contributed by atoms with Crippen molar-refractivity contribution >= 4 is 46.3 Å². The summed E-state index contributed by atoms with van der Waals surface area (Å²) in [6.07, 6.45) is -0.0649. The van der Waals surface area contributed by atoms with Crippen molar-refractivity contribution in [3.8, 4) is 5.75 Å². The molecule has 1 atom stereocenters. The first-order valence-electron chi connectivity index (χ1n) is 10.8. The fourth-order valence-electron chi connectivity index (χ4n) is 4.03. The summed E-state index contributed by atoms with van der Waals surface area (Å²) in [6.45, 7) is 5.71. The number of aliphatic hydroxyl groups excluding tert-OH is 1. The molecular formula is C27H23Cl2NO4. The van der Waals surface area contributed by atoms with Gasteiger partial charge < -0.3 is 9.84 Å². The summed E-state index contributed by atoms with van der Waals surface area (Å²) in [5.41, 5.74) is 2.40. The molecule has 1 heterocycles. The van der Waals surface area contributed by atoms with Crippen LogP contribution in [0.15, 0.2) is 72.3 Å². The minimum Gasteiger partial charge on any atom is -0.507 e. The Morgan fingerprint density at radius 2 is 1.71 bits per heavy atom. The highest BCUT2D eigenvalue weighted by molar-refractivity contribution is 6.52. The number of nitrogens with zero attached hydrogens (tertiary/aromatic N) is 1. The van der Waals surface area contributed by atoms with Crippen LogP contribution in [0.2, 0.25) is 10.0 Å². The topological polar surface area (TPSA) is 66.8 Å². The van der Waals surface area contributed by atoms with Gasteiger partial charge in [0.15, 0.2) is 0 Å². The number of ketones is 1. The predicted molar refractivity (Wildman–Crippen MR) is 135 cm³/mol. The van der Waals surface area contributed by atoms with Crippen molar-refractivity contribution in [3.63, 3.8) is 0 Å². The van der Waals surface area contributed by atoms with Gasteiger partial charge >= 0.3 is 0 Å². The summed E-state index contributed by atoms with van der Waals surface area (Å²) in [6, 6.07) is 18.1. The van der Waals surface area contributed by atoms with E-state index in [1.807, 2.05) is 45.0 Å². The highest BCUT2D eigenvalue weighted by Crippen LogP contribution is 2.43. The standard InChI is InChI=1S/C27H23Cl2NO4/c1-15(2)34-20-9-5-8-18(13-20)25(31)23-24(17-7-4-6-16(3)12-17)30(27(33)26(23)32)19-10-11-21(28)22(29)14-19/h4-15,24,31H,1-3H3/b25-23+. The predicted octanol–water partition coefficient (Wildman–Crippen LogP) is 6.72. The number of aryl methyl sites for hydroxylation is 1. The van der Waals surface area contributed by atoms with Gasteiger partial charge in [0.05, 0.1) is 27.8 Å². The Labute approximate surface area is 208 Å². The molecule has 1 aliphatic heterocycles. The summed E-state index contributed by atoms with van der Waals surface area (Å²) >= 11 is 12.3. The third-order valence-corrected chi connectivity index (χ3v) is 6.20. The van der Waals surface area contributed by atoms with Gasteiger partial charge in [-0.3, -0.25) is 14.5 Å². The molecule has 3 aromatic rings. The van der Waals surface area contributed by atoms with E-state index >= 15 is 0 Å². The number of carbonyl (C=O) groups is 2. The fourth-order valence-corrected chi connectivity index (χ4v) is 4.33. The molecule has 3 aromatic carbocycles. The molecule has 4 rings (SSSR count). The molecule has 0 aliphatic carbocycles. The Hall–Kier alpha value is -3.28. The highest BCUT2D eigenvalue weighted by Gasteiger charge is 2.47. The molecular weight excluding hydrogens is 473 g/mol. The maximum Gasteiger partial charge on any atom is 0.300 e. The van der Waals surface area contributed by atoms with Crippen molar-refractivity contribution in [2.24, 2.45) is 0 Å². The van der Waals surface area contributed by atoms with Crippen LogP contribution in [0.4, 0.5) is 5.69 Å². The van der Waals surface area contributed by atoms with E-state index in [0.29, 0.717) is 27.6 Å². The lowest BCUT2D eigenvalue weighted by Gasteiger charge is -2.26. The van der Waals surface area contributed by atoms with Crippen molar-refractivity contribution in [1.29, 1.82) is 0 Å². The van der Waals surface area contributed by atoms with Gasteiger partial charge in [0.2, 0.25) is 0 Å². The number of amides is 1. The highest BCUT2D eigenvalue weighted by atomic mass is 35.5. The van der Waals surface area contributed by atoms with Gasteiger partial charge in [0, 0.05) is 11.3 Å². The molecule has 0 aromatic heterocycles. The second kappa shape index (κ2) is 9.53. The van der Waals surface area contributed by atoms with E-state index in [1.165, 1.54) is 11.0 Å². The second-order valence-electron chi connectivity index (χ2n) is 8.38. The maximum absolute atomic E-state index is 13.3. The first kappa shape index (κ1) is 23.9. The molecule has 0 spiro atoms. The van der Waals surface area contributed by atoms with Gasteiger partial charge in [0.25, 0.3) is 11.7 Å². The summed E-state index contributed by atoms with van der Waals surface area (Å²) in [5, 5.41) is 11.9. The minimum atomic E-state index is -0.855. The van der Waals surface area contributed by atoms with Crippen LogP contribution in [0.1, 0.15) is 36.6 Å². The van der Waals surface area contributed by atoms with Crippen LogP contribution in [-0.2, 0) is 9.59 Å². The Balaban J connectivity index is 1.92. The molecule has 1 fully saturated rings. The quantitative estimate of drug-likeness (QED) is 0.242. The number of hydrogen-bond acceptors (Lipinski definition) is 4. The number of anilines is 1. The van der Waals surface area contributed by atoms with E-state index in [0.717, 1.165) is 5.56 Å². The number of halogens is 2. The molecule has 34 heavy (non-hydrogen) atoms. The normalized spacial score (nSPS) is 17.5. The molecule has 5 nitrogen and oxygen atoms in total. The number of rotatable bonds is 5. The zero-order chi connectivity index (χ0) is 24.6. The number of ether oxygens (including phenoxy) is 1. The lowest BCUT2D eigenvalue weighted by molar-refractivity contribution is -0.132. The molecule has 1 N–H and O–H groups in total. The van der Waals surface area contributed by atoms with Crippen molar-refractivity contribution in [2.45, 2.75) is 32.9 Å². The molecule has 1 amide bonds. The Bertz CT molecular complexity index is 1320. The molecule has 0 saturated carbocycles. The number of hydrogen-bond donors (Lipinski definition) is 1. The van der Waals surface area contributed by atoms with Crippen molar-refractivity contribution < 1.29 is 19.4 Å². The lowest BCUT2D eigenvalue weighted by Crippen LogP contribution is -2.29. The second-order valence-corrected chi connectivity index (χ2v) is 9.19. The van der Waals surface area contributed by atoms with Crippen LogP contribution in [0.5, 0.6) is 5.75 Å². The number of Topliss-reactive ketones (excluding diaryl/α,β-unsaturated/α-hetero) is 1. The molecule has 1 aliphatic rings. The minimum absolute atomic E-state index is 0.0108. The van der Waals surface area contributed by atoms with Crippen molar-refractivity contribution in [1.82, 2.24) is 0 Å². The zero-order valence-corrected chi connectivity index (χ0v) is 20.4. The first-order chi connectivity index (χ1) is 16.2. The third-order valence-electron chi connectivity index (χ3n) is 5.46. The molecule has 1 saturated heterocycles. The summed E-state index contributed by atoms with van der Waals surface area (Å²) < 4.78 is 5.73. The number of aliphatic hydroxyl groups is 1. The number of benzene rings is 3. The average molecular weight is 496 g/mol. The van der Waals surface area contributed by atoms with E-state index in [1.54, 1.807) is 36.4 Å². The van der Waals surface area contributed by atoms with Crippen molar-refractivity contribution in [3.05, 3.63) is 99.0 Å². The third kappa shape index (κ3) is 4.54.